The van der Waals surface area contributed by atoms with E-state index in [-0.39, 0.29) is 0 Å². The third kappa shape index (κ3) is 2.93. The van der Waals surface area contributed by atoms with E-state index >= 15 is 0 Å². The fourth-order valence-electron chi connectivity index (χ4n) is 2.16. The van der Waals surface area contributed by atoms with Gasteiger partial charge in [0.25, 0.3) is 0 Å². The van der Waals surface area contributed by atoms with Gasteiger partial charge in [-0.3, -0.25) is 11.3 Å². The zero-order valence-corrected chi connectivity index (χ0v) is 8.17. The molecule has 76 valence electrons. The molecular weight excluding hydrogens is 164 g/mol. The Kier molecular flexibility index (Phi) is 3.19. The maximum absolute atomic E-state index is 5.54. The van der Waals surface area contributed by atoms with Crippen molar-refractivity contribution in [1.29, 1.82) is 0 Å². The zero-order chi connectivity index (χ0) is 9.10. The summed E-state index contributed by atoms with van der Waals surface area (Å²) in [6.07, 6.45) is 6.53. The maximum Gasteiger partial charge on any atom is 0.0495 e. The van der Waals surface area contributed by atoms with Crippen LogP contribution in [0.5, 0.6) is 0 Å². The standard InChI is InChI=1S/C10H20N2O/c11-12-10(5-8-1-2-8)6-9-3-4-13-7-9/h8-10,12H,1-7,11H2. The molecular formula is C10H20N2O. The largest absolute Gasteiger partial charge is 0.381 e. The average molecular weight is 184 g/mol. The number of nitrogens with two attached hydrogens (primary N) is 1. The van der Waals surface area contributed by atoms with Crippen molar-refractivity contribution in [2.24, 2.45) is 17.7 Å². The monoisotopic (exact) mass is 184 g/mol. The third-order valence-corrected chi connectivity index (χ3v) is 3.19. The molecule has 1 saturated carbocycles. The second kappa shape index (κ2) is 4.40. The van der Waals surface area contributed by atoms with Crippen molar-refractivity contribution < 1.29 is 4.74 Å². The lowest BCUT2D eigenvalue weighted by Crippen LogP contribution is -2.37. The molecule has 2 unspecified atom stereocenters. The molecule has 1 heterocycles. The van der Waals surface area contributed by atoms with E-state index in [2.05, 4.69) is 5.43 Å². The van der Waals surface area contributed by atoms with Crippen molar-refractivity contribution in [1.82, 2.24) is 5.43 Å². The lowest BCUT2D eigenvalue weighted by molar-refractivity contribution is 0.180. The highest BCUT2D eigenvalue weighted by Crippen LogP contribution is 2.35. The second-order valence-corrected chi connectivity index (χ2v) is 4.51. The lowest BCUT2D eigenvalue weighted by atomic mass is 9.96. The van der Waals surface area contributed by atoms with Crippen molar-refractivity contribution in [2.45, 2.75) is 38.1 Å². The maximum atomic E-state index is 5.54. The topological polar surface area (TPSA) is 47.3 Å². The molecule has 0 spiro atoms. The molecule has 1 saturated heterocycles. The first-order valence-corrected chi connectivity index (χ1v) is 5.42. The van der Waals surface area contributed by atoms with Crippen molar-refractivity contribution in [3.8, 4) is 0 Å². The zero-order valence-electron chi connectivity index (χ0n) is 8.17. The van der Waals surface area contributed by atoms with Crippen molar-refractivity contribution in [3.63, 3.8) is 0 Å². The van der Waals surface area contributed by atoms with E-state index in [1.165, 1.54) is 32.1 Å². The lowest BCUT2D eigenvalue weighted by Gasteiger charge is -2.18. The van der Waals surface area contributed by atoms with Gasteiger partial charge in [-0.15, -0.1) is 0 Å². The van der Waals surface area contributed by atoms with Gasteiger partial charge in [0, 0.05) is 19.3 Å². The Balaban J connectivity index is 1.68. The predicted molar refractivity (Wildman–Crippen MR) is 52.0 cm³/mol. The van der Waals surface area contributed by atoms with Crippen LogP contribution in [-0.2, 0) is 4.74 Å². The summed E-state index contributed by atoms with van der Waals surface area (Å²) in [6.45, 7) is 1.90. The Labute approximate surface area is 80.0 Å². The summed E-state index contributed by atoms with van der Waals surface area (Å²) in [5.74, 6) is 7.25. The number of ether oxygens (including phenoxy) is 1. The van der Waals surface area contributed by atoms with Crippen molar-refractivity contribution in [3.05, 3.63) is 0 Å². The van der Waals surface area contributed by atoms with Gasteiger partial charge in [-0.1, -0.05) is 12.8 Å². The minimum absolute atomic E-state index is 0.527. The first-order valence-electron chi connectivity index (χ1n) is 5.42. The molecule has 0 aromatic carbocycles. The molecule has 0 amide bonds. The van der Waals surface area contributed by atoms with Gasteiger partial charge in [-0.05, 0) is 31.1 Å². The van der Waals surface area contributed by atoms with Crippen LogP contribution >= 0.6 is 0 Å². The molecule has 0 aromatic heterocycles. The van der Waals surface area contributed by atoms with E-state index in [1.54, 1.807) is 0 Å². The van der Waals surface area contributed by atoms with E-state index in [1.807, 2.05) is 0 Å². The van der Waals surface area contributed by atoms with Gasteiger partial charge in [0.05, 0.1) is 0 Å². The Bertz CT molecular complexity index is 153. The third-order valence-electron chi connectivity index (χ3n) is 3.19. The highest BCUT2D eigenvalue weighted by atomic mass is 16.5. The smallest absolute Gasteiger partial charge is 0.0495 e. The van der Waals surface area contributed by atoms with Crippen LogP contribution in [0, 0.1) is 11.8 Å². The number of hydrogen-bond acceptors (Lipinski definition) is 3. The van der Waals surface area contributed by atoms with Gasteiger partial charge in [0.1, 0.15) is 0 Å². The fraction of sp³-hybridized carbons (Fsp3) is 1.00. The molecule has 0 radical (unpaired) electrons. The minimum Gasteiger partial charge on any atom is -0.381 e. The molecule has 3 N–H and O–H groups in total. The van der Waals surface area contributed by atoms with E-state index in [4.69, 9.17) is 10.6 Å². The summed E-state index contributed by atoms with van der Waals surface area (Å²) in [7, 11) is 0. The van der Waals surface area contributed by atoms with Gasteiger partial charge >= 0.3 is 0 Å². The molecule has 13 heavy (non-hydrogen) atoms. The van der Waals surface area contributed by atoms with Crippen LogP contribution < -0.4 is 11.3 Å². The molecule has 3 nitrogen and oxygen atoms in total. The van der Waals surface area contributed by atoms with Gasteiger partial charge in [0.2, 0.25) is 0 Å². The second-order valence-electron chi connectivity index (χ2n) is 4.51. The van der Waals surface area contributed by atoms with Crippen LogP contribution in [0.2, 0.25) is 0 Å². The number of rotatable bonds is 5. The number of hydrogen-bond donors (Lipinski definition) is 2. The summed E-state index contributed by atoms with van der Waals surface area (Å²) >= 11 is 0. The molecule has 2 aliphatic rings. The van der Waals surface area contributed by atoms with Crippen LogP contribution in [0.3, 0.4) is 0 Å². The average Bonchev–Trinajstić information content (AvgIpc) is 2.80. The van der Waals surface area contributed by atoms with Gasteiger partial charge in [-0.2, -0.15) is 0 Å². The highest BCUT2D eigenvalue weighted by Gasteiger charge is 2.27. The Hall–Kier alpha value is -0.120. The molecule has 0 bridgehead atoms. The first kappa shape index (κ1) is 9.44. The van der Waals surface area contributed by atoms with Crippen molar-refractivity contribution >= 4 is 0 Å². The van der Waals surface area contributed by atoms with E-state index in [0.29, 0.717) is 6.04 Å². The van der Waals surface area contributed by atoms with E-state index in [9.17, 15) is 0 Å². The summed E-state index contributed by atoms with van der Waals surface area (Å²) in [6, 6.07) is 0.527. The molecule has 0 aromatic rings. The SMILES string of the molecule is NNC(CC1CC1)CC1CCOC1. The van der Waals surface area contributed by atoms with Crippen LogP contribution in [0.25, 0.3) is 0 Å². The molecule has 1 aliphatic carbocycles. The predicted octanol–water partition coefficient (Wildman–Crippen LogP) is 1.04. The Morgan fingerprint density at radius 2 is 2.00 bits per heavy atom. The fourth-order valence-corrected chi connectivity index (χ4v) is 2.16. The first-order chi connectivity index (χ1) is 6.38. The van der Waals surface area contributed by atoms with E-state index in [0.717, 1.165) is 25.0 Å². The van der Waals surface area contributed by atoms with Crippen LogP contribution in [-0.4, -0.2) is 19.3 Å². The molecule has 3 heteroatoms. The minimum atomic E-state index is 0.527. The normalized spacial score (nSPS) is 30.7. The Morgan fingerprint density at radius 1 is 1.23 bits per heavy atom. The molecule has 2 atom stereocenters. The van der Waals surface area contributed by atoms with Crippen LogP contribution in [0.4, 0.5) is 0 Å². The van der Waals surface area contributed by atoms with E-state index < -0.39 is 0 Å². The highest BCUT2D eigenvalue weighted by molar-refractivity contribution is 4.81. The van der Waals surface area contributed by atoms with Gasteiger partial charge in [-0.25, -0.2) is 0 Å². The molecule has 2 rings (SSSR count). The van der Waals surface area contributed by atoms with Gasteiger partial charge < -0.3 is 4.74 Å². The summed E-state index contributed by atoms with van der Waals surface area (Å²) in [4.78, 5) is 0. The van der Waals surface area contributed by atoms with Crippen LogP contribution in [0.1, 0.15) is 32.1 Å². The number of nitrogens with one attached hydrogen (secondary N) is 1. The van der Waals surface area contributed by atoms with Crippen LogP contribution in [0.15, 0.2) is 0 Å². The number of hydrazine groups is 1. The van der Waals surface area contributed by atoms with Crippen molar-refractivity contribution in [2.75, 3.05) is 13.2 Å². The summed E-state index contributed by atoms with van der Waals surface area (Å²) in [5, 5.41) is 0. The summed E-state index contributed by atoms with van der Waals surface area (Å²) in [5.41, 5.74) is 2.94. The van der Waals surface area contributed by atoms with Gasteiger partial charge in [0.15, 0.2) is 0 Å². The summed E-state index contributed by atoms with van der Waals surface area (Å²) < 4.78 is 5.35. The molecule has 1 aliphatic heterocycles. The quantitative estimate of drug-likeness (QED) is 0.496. The Morgan fingerprint density at radius 3 is 2.54 bits per heavy atom. The molecule has 2 fully saturated rings.